The Balaban J connectivity index is 1.85. The number of aryl methyl sites for hydroxylation is 1. The average Bonchev–Trinajstić information content (AvgIpc) is 2.96. The van der Waals surface area contributed by atoms with Gasteiger partial charge in [-0.2, -0.15) is 0 Å². The van der Waals surface area contributed by atoms with Gasteiger partial charge >= 0.3 is 0 Å². The van der Waals surface area contributed by atoms with E-state index in [1.54, 1.807) is 24.3 Å². The summed E-state index contributed by atoms with van der Waals surface area (Å²) in [6.07, 6.45) is 4.13. The summed E-state index contributed by atoms with van der Waals surface area (Å²) in [5.74, 6) is -0.371. The largest absolute Gasteiger partial charge is 0.347 e. The fourth-order valence-electron chi connectivity index (χ4n) is 2.88. The highest BCUT2D eigenvalue weighted by atomic mass is 32.2. The second-order valence-electron chi connectivity index (χ2n) is 6.16. The van der Waals surface area contributed by atoms with Crippen LogP contribution in [0.15, 0.2) is 54.7 Å². The summed E-state index contributed by atoms with van der Waals surface area (Å²) in [7, 11) is -3.47. The van der Waals surface area contributed by atoms with Gasteiger partial charge in [-0.05, 0) is 42.8 Å². The topological polar surface area (TPSA) is 80.2 Å². The van der Waals surface area contributed by atoms with Crippen molar-refractivity contribution in [2.75, 3.05) is 16.3 Å². The van der Waals surface area contributed by atoms with Crippen molar-refractivity contribution >= 4 is 38.2 Å². The third-order valence-electron chi connectivity index (χ3n) is 3.96. The first-order valence-corrected chi connectivity index (χ1v) is 10.2. The number of anilines is 2. The van der Waals surface area contributed by atoms with Crippen LogP contribution in [0.5, 0.6) is 0 Å². The molecular weight excluding hydrogens is 350 g/mol. The zero-order valence-electron chi connectivity index (χ0n) is 14.7. The summed E-state index contributed by atoms with van der Waals surface area (Å²) >= 11 is 0. The van der Waals surface area contributed by atoms with Crippen LogP contribution >= 0.6 is 0 Å². The van der Waals surface area contributed by atoms with Crippen molar-refractivity contribution in [1.29, 1.82) is 0 Å². The van der Waals surface area contributed by atoms with Gasteiger partial charge in [0.25, 0.3) is 5.91 Å². The quantitative estimate of drug-likeness (QED) is 0.694. The normalized spacial score (nSPS) is 11.5. The SMILES string of the molecule is CCCn1ccc2cc(NC(=O)c3ccccc3NS(C)(=O)=O)ccc21. The predicted molar refractivity (Wildman–Crippen MR) is 105 cm³/mol. The molecule has 1 aromatic heterocycles. The third kappa shape index (κ3) is 4.05. The van der Waals surface area contributed by atoms with Gasteiger partial charge in [0.15, 0.2) is 0 Å². The van der Waals surface area contributed by atoms with Gasteiger partial charge in [0, 0.05) is 29.3 Å². The van der Waals surface area contributed by atoms with E-state index in [2.05, 4.69) is 21.5 Å². The Hall–Kier alpha value is -2.80. The second-order valence-corrected chi connectivity index (χ2v) is 7.91. The molecule has 3 aromatic rings. The molecule has 0 spiro atoms. The molecule has 3 rings (SSSR count). The number of hydrogen-bond donors (Lipinski definition) is 2. The standard InChI is InChI=1S/C19H21N3O3S/c1-3-11-22-12-10-14-13-15(8-9-18(14)22)20-19(23)16-6-4-5-7-17(16)21-26(2,24)25/h4-10,12-13,21H,3,11H2,1-2H3,(H,20,23). The number of aromatic nitrogens is 1. The maximum atomic E-state index is 12.6. The molecule has 6 nitrogen and oxygen atoms in total. The fourth-order valence-corrected chi connectivity index (χ4v) is 3.46. The molecule has 0 aliphatic carbocycles. The molecule has 136 valence electrons. The van der Waals surface area contributed by atoms with E-state index in [1.165, 1.54) is 0 Å². The number of nitrogens with zero attached hydrogens (tertiary/aromatic N) is 1. The third-order valence-corrected chi connectivity index (χ3v) is 4.55. The number of carbonyl (C=O) groups excluding carboxylic acids is 1. The Labute approximate surface area is 152 Å². The lowest BCUT2D eigenvalue weighted by atomic mass is 10.1. The average molecular weight is 371 g/mol. The molecule has 0 unspecified atom stereocenters. The minimum Gasteiger partial charge on any atom is -0.347 e. The predicted octanol–water partition coefficient (Wildman–Crippen LogP) is 3.68. The molecule has 0 fully saturated rings. The number of para-hydroxylation sites is 1. The number of rotatable bonds is 6. The molecule has 26 heavy (non-hydrogen) atoms. The van der Waals surface area contributed by atoms with Crippen LogP contribution in [0.4, 0.5) is 11.4 Å². The molecule has 0 aliphatic heterocycles. The Bertz CT molecular complexity index is 1050. The zero-order valence-corrected chi connectivity index (χ0v) is 15.5. The molecule has 1 heterocycles. The van der Waals surface area contributed by atoms with Gasteiger partial charge in [-0.1, -0.05) is 19.1 Å². The van der Waals surface area contributed by atoms with E-state index < -0.39 is 10.0 Å². The summed E-state index contributed by atoms with van der Waals surface area (Å²) in [6.45, 7) is 3.07. The lowest BCUT2D eigenvalue weighted by molar-refractivity contribution is 0.102. The smallest absolute Gasteiger partial charge is 0.257 e. The first-order chi connectivity index (χ1) is 12.4. The number of carbonyl (C=O) groups is 1. The Morgan fingerprint density at radius 3 is 2.62 bits per heavy atom. The van der Waals surface area contributed by atoms with Gasteiger partial charge in [-0.25, -0.2) is 8.42 Å². The van der Waals surface area contributed by atoms with Crippen LogP contribution in [0.25, 0.3) is 10.9 Å². The molecule has 0 saturated heterocycles. The number of hydrogen-bond acceptors (Lipinski definition) is 3. The van der Waals surface area contributed by atoms with Crippen LogP contribution in [0, 0.1) is 0 Å². The lowest BCUT2D eigenvalue weighted by Crippen LogP contribution is -2.17. The van der Waals surface area contributed by atoms with E-state index in [0.29, 0.717) is 5.69 Å². The highest BCUT2D eigenvalue weighted by molar-refractivity contribution is 7.92. The van der Waals surface area contributed by atoms with Crippen molar-refractivity contribution in [1.82, 2.24) is 4.57 Å². The maximum absolute atomic E-state index is 12.6. The number of sulfonamides is 1. The molecule has 0 aliphatic rings. The van der Waals surface area contributed by atoms with Gasteiger partial charge in [-0.15, -0.1) is 0 Å². The van der Waals surface area contributed by atoms with E-state index in [-0.39, 0.29) is 17.2 Å². The maximum Gasteiger partial charge on any atom is 0.257 e. The Morgan fingerprint density at radius 2 is 1.88 bits per heavy atom. The summed E-state index contributed by atoms with van der Waals surface area (Å²) in [5, 5.41) is 3.88. The van der Waals surface area contributed by atoms with Crippen molar-refractivity contribution in [2.24, 2.45) is 0 Å². The summed E-state index contributed by atoms with van der Waals surface area (Å²) in [4.78, 5) is 12.6. The number of fused-ring (bicyclic) bond motifs is 1. The van der Waals surface area contributed by atoms with Crippen molar-refractivity contribution in [3.8, 4) is 0 Å². The van der Waals surface area contributed by atoms with Gasteiger partial charge in [0.2, 0.25) is 10.0 Å². The molecule has 2 aromatic carbocycles. The van der Waals surface area contributed by atoms with Crippen LogP contribution in [0.3, 0.4) is 0 Å². The van der Waals surface area contributed by atoms with Crippen molar-refractivity contribution in [3.05, 3.63) is 60.3 Å². The molecule has 0 bridgehead atoms. The highest BCUT2D eigenvalue weighted by Crippen LogP contribution is 2.23. The number of amides is 1. The van der Waals surface area contributed by atoms with Crippen LogP contribution in [0.1, 0.15) is 23.7 Å². The van der Waals surface area contributed by atoms with Crippen molar-refractivity contribution in [2.45, 2.75) is 19.9 Å². The molecule has 7 heteroatoms. The van der Waals surface area contributed by atoms with Crippen LogP contribution in [-0.2, 0) is 16.6 Å². The first-order valence-electron chi connectivity index (χ1n) is 8.34. The Morgan fingerprint density at radius 1 is 1.12 bits per heavy atom. The van der Waals surface area contributed by atoms with Crippen LogP contribution in [-0.4, -0.2) is 25.1 Å². The molecule has 1 amide bonds. The van der Waals surface area contributed by atoms with Gasteiger partial charge in [0.1, 0.15) is 0 Å². The Kier molecular flexibility index (Phi) is 4.99. The van der Waals surface area contributed by atoms with Gasteiger partial charge in [0.05, 0.1) is 17.5 Å². The number of benzene rings is 2. The van der Waals surface area contributed by atoms with Gasteiger partial charge in [-0.3, -0.25) is 9.52 Å². The monoisotopic (exact) mass is 371 g/mol. The molecular formula is C19H21N3O3S. The summed E-state index contributed by atoms with van der Waals surface area (Å²) < 4.78 is 27.5. The highest BCUT2D eigenvalue weighted by Gasteiger charge is 2.14. The van der Waals surface area contributed by atoms with E-state index >= 15 is 0 Å². The van der Waals surface area contributed by atoms with Crippen molar-refractivity contribution < 1.29 is 13.2 Å². The summed E-state index contributed by atoms with van der Waals surface area (Å²) in [6, 6.07) is 14.2. The van der Waals surface area contributed by atoms with E-state index in [1.807, 2.05) is 30.5 Å². The summed E-state index contributed by atoms with van der Waals surface area (Å²) in [5.41, 5.74) is 2.29. The molecule has 2 N–H and O–H groups in total. The fraction of sp³-hybridized carbons (Fsp3) is 0.211. The molecule has 0 radical (unpaired) electrons. The minimum atomic E-state index is -3.47. The van der Waals surface area contributed by atoms with E-state index in [4.69, 9.17) is 0 Å². The van der Waals surface area contributed by atoms with E-state index in [0.717, 1.165) is 30.1 Å². The van der Waals surface area contributed by atoms with Gasteiger partial charge < -0.3 is 9.88 Å². The molecule has 0 saturated carbocycles. The van der Waals surface area contributed by atoms with Crippen LogP contribution in [0.2, 0.25) is 0 Å². The minimum absolute atomic E-state index is 0.252. The molecule has 0 atom stereocenters. The number of nitrogens with one attached hydrogen (secondary N) is 2. The van der Waals surface area contributed by atoms with Crippen LogP contribution < -0.4 is 10.0 Å². The van der Waals surface area contributed by atoms with Crippen molar-refractivity contribution in [3.63, 3.8) is 0 Å². The first kappa shape index (κ1) is 18.0. The zero-order chi connectivity index (χ0) is 18.7. The van der Waals surface area contributed by atoms with E-state index in [9.17, 15) is 13.2 Å². The second kappa shape index (κ2) is 7.21. The lowest BCUT2D eigenvalue weighted by Gasteiger charge is -2.11.